The Balaban J connectivity index is 2.01. The van der Waals surface area contributed by atoms with Crippen molar-refractivity contribution in [3.63, 3.8) is 0 Å². The number of carbonyl (C=O) groups excluding carboxylic acids is 1. The highest BCUT2D eigenvalue weighted by molar-refractivity contribution is 5.69. The number of rotatable bonds is 5. The number of carbonyl (C=O) groups is 1. The Labute approximate surface area is 111 Å². The van der Waals surface area contributed by atoms with Gasteiger partial charge in [-0.3, -0.25) is 0 Å². The number of amides is 1. The van der Waals surface area contributed by atoms with E-state index < -0.39 is 6.09 Å². The van der Waals surface area contributed by atoms with E-state index in [1.54, 1.807) is 7.11 Å². The summed E-state index contributed by atoms with van der Waals surface area (Å²) >= 11 is 0. The first-order valence-electron chi connectivity index (χ1n) is 6.11. The largest absolute Gasteiger partial charge is 0.493 e. The number of nitrogens with two attached hydrogens (primary N) is 1. The number of benzene rings is 1. The summed E-state index contributed by atoms with van der Waals surface area (Å²) in [6.45, 7) is 2.64. The van der Waals surface area contributed by atoms with Crippen LogP contribution in [0.1, 0.15) is 18.5 Å². The van der Waals surface area contributed by atoms with E-state index in [0.29, 0.717) is 18.0 Å². The zero-order valence-electron chi connectivity index (χ0n) is 11.0. The second-order valence-electron chi connectivity index (χ2n) is 4.42. The van der Waals surface area contributed by atoms with E-state index in [4.69, 9.17) is 19.9 Å². The van der Waals surface area contributed by atoms with Gasteiger partial charge in [-0.15, -0.1) is 0 Å². The summed E-state index contributed by atoms with van der Waals surface area (Å²) in [4.78, 5) is 10.9. The van der Waals surface area contributed by atoms with Gasteiger partial charge in [0.1, 0.15) is 6.61 Å². The van der Waals surface area contributed by atoms with Crippen LogP contribution in [0.5, 0.6) is 11.5 Å². The first kappa shape index (κ1) is 13.5. The van der Waals surface area contributed by atoms with Gasteiger partial charge in [0.15, 0.2) is 17.6 Å². The maximum Gasteiger partial charge on any atom is 0.407 e. The lowest BCUT2D eigenvalue weighted by Crippen LogP contribution is -2.22. The van der Waals surface area contributed by atoms with Crippen LogP contribution >= 0.6 is 0 Å². The number of cyclic esters (lactones) is 1. The number of methoxy groups -OCH3 is 1. The SMILES string of the molecule is COc1cc([C@H](C)N)ccc1OCC1CNC(=O)O1. The second-order valence-corrected chi connectivity index (χ2v) is 4.42. The van der Waals surface area contributed by atoms with Crippen LogP contribution in [0.25, 0.3) is 0 Å². The molecule has 19 heavy (non-hydrogen) atoms. The third-order valence-electron chi connectivity index (χ3n) is 2.89. The van der Waals surface area contributed by atoms with Crippen molar-refractivity contribution in [3.8, 4) is 11.5 Å². The maximum absolute atomic E-state index is 10.9. The standard InChI is InChI=1S/C13H18N2O4/c1-8(14)9-3-4-11(12(5-9)17-2)18-7-10-6-15-13(16)19-10/h3-5,8,10H,6-7,14H2,1-2H3,(H,15,16)/t8-,10?/m0/s1. The Hall–Kier alpha value is -1.95. The third-order valence-corrected chi connectivity index (χ3v) is 2.89. The Bertz CT molecular complexity index is 462. The number of ether oxygens (including phenoxy) is 3. The molecule has 0 radical (unpaired) electrons. The average molecular weight is 266 g/mol. The topological polar surface area (TPSA) is 82.8 Å². The van der Waals surface area contributed by atoms with Gasteiger partial charge in [0.05, 0.1) is 13.7 Å². The van der Waals surface area contributed by atoms with Crippen molar-refractivity contribution in [2.24, 2.45) is 5.73 Å². The van der Waals surface area contributed by atoms with Crippen LogP contribution in [0.3, 0.4) is 0 Å². The highest BCUT2D eigenvalue weighted by Crippen LogP contribution is 2.30. The second kappa shape index (κ2) is 5.79. The van der Waals surface area contributed by atoms with Crippen LogP contribution in [0.15, 0.2) is 18.2 Å². The van der Waals surface area contributed by atoms with E-state index in [0.717, 1.165) is 5.56 Å². The molecular formula is C13H18N2O4. The molecule has 1 aliphatic rings. The van der Waals surface area contributed by atoms with Crippen LogP contribution in [0.2, 0.25) is 0 Å². The molecular weight excluding hydrogens is 248 g/mol. The Kier molecular flexibility index (Phi) is 4.11. The minimum atomic E-state index is -0.409. The van der Waals surface area contributed by atoms with Crippen LogP contribution < -0.4 is 20.5 Å². The number of hydrogen-bond donors (Lipinski definition) is 2. The number of hydrogen-bond acceptors (Lipinski definition) is 5. The number of alkyl carbamates (subject to hydrolysis) is 1. The fourth-order valence-corrected chi connectivity index (χ4v) is 1.79. The molecule has 6 nitrogen and oxygen atoms in total. The Morgan fingerprint density at radius 1 is 1.53 bits per heavy atom. The van der Waals surface area contributed by atoms with Crippen LogP contribution in [0.4, 0.5) is 4.79 Å². The van der Waals surface area contributed by atoms with Crippen molar-refractivity contribution in [3.05, 3.63) is 23.8 Å². The average Bonchev–Trinajstić information content (AvgIpc) is 2.81. The molecule has 0 bridgehead atoms. The minimum Gasteiger partial charge on any atom is -0.493 e. The predicted octanol–water partition coefficient (Wildman–Crippen LogP) is 1.20. The summed E-state index contributed by atoms with van der Waals surface area (Å²) in [5.41, 5.74) is 6.78. The highest BCUT2D eigenvalue weighted by Gasteiger charge is 2.23. The van der Waals surface area contributed by atoms with E-state index >= 15 is 0 Å². The summed E-state index contributed by atoms with van der Waals surface area (Å²) in [5.74, 6) is 1.22. The van der Waals surface area contributed by atoms with Crippen molar-refractivity contribution in [2.45, 2.75) is 19.1 Å². The van der Waals surface area contributed by atoms with Crippen molar-refractivity contribution in [1.82, 2.24) is 5.32 Å². The van der Waals surface area contributed by atoms with E-state index in [-0.39, 0.29) is 18.8 Å². The van der Waals surface area contributed by atoms with E-state index in [1.165, 1.54) is 0 Å². The maximum atomic E-state index is 10.9. The van der Waals surface area contributed by atoms with Crippen molar-refractivity contribution < 1.29 is 19.0 Å². The predicted molar refractivity (Wildman–Crippen MR) is 69.4 cm³/mol. The normalized spacial score (nSPS) is 19.5. The van der Waals surface area contributed by atoms with Gasteiger partial charge in [-0.25, -0.2) is 4.79 Å². The Morgan fingerprint density at radius 3 is 2.89 bits per heavy atom. The lowest BCUT2D eigenvalue weighted by atomic mass is 10.1. The minimum absolute atomic E-state index is 0.0667. The van der Waals surface area contributed by atoms with Crippen LogP contribution in [0, 0.1) is 0 Å². The van der Waals surface area contributed by atoms with Gasteiger partial charge in [-0.1, -0.05) is 6.07 Å². The van der Waals surface area contributed by atoms with Gasteiger partial charge in [0, 0.05) is 6.04 Å². The van der Waals surface area contributed by atoms with Crippen molar-refractivity contribution >= 4 is 6.09 Å². The molecule has 2 atom stereocenters. The highest BCUT2D eigenvalue weighted by atomic mass is 16.6. The molecule has 1 saturated heterocycles. The van der Waals surface area contributed by atoms with Gasteiger partial charge < -0.3 is 25.3 Å². The fraction of sp³-hybridized carbons (Fsp3) is 0.462. The molecule has 0 spiro atoms. The molecule has 1 fully saturated rings. The molecule has 3 N–H and O–H groups in total. The van der Waals surface area contributed by atoms with E-state index in [2.05, 4.69) is 5.32 Å². The fourth-order valence-electron chi connectivity index (χ4n) is 1.79. The molecule has 0 saturated carbocycles. The monoisotopic (exact) mass is 266 g/mol. The summed E-state index contributed by atoms with van der Waals surface area (Å²) in [6, 6.07) is 5.48. The molecule has 6 heteroatoms. The smallest absolute Gasteiger partial charge is 0.407 e. The lowest BCUT2D eigenvalue weighted by Gasteiger charge is -2.15. The van der Waals surface area contributed by atoms with Crippen molar-refractivity contribution in [1.29, 1.82) is 0 Å². The summed E-state index contributed by atoms with van der Waals surface area (Å²) in [5, 5.41) is 2.57. The molecule has 1 aromatic carbocycles. The summed E-state index contributed by atoms with van der Waals surface area (Å²) in [7, 11) is 1.57. The molecule has 1 aliphatic heterocycles. The van der Waals surface area contributed by atoms with Crippen LogP contribution in [-0.2, 0) is 4.74 Å². The zero-order chi connectivity index (χ0) is 13.8. The van der Waals surface area contributed by atoms with E-state index in [9.17, 15) is 4.79 Å². The van der Waals surface area contributed by atoms with E-state index in [1.807, 2.05) is 25.1 Å². The van der Waals surface area contributed by atoms with Gasteiger partial charge in [0.2, 0.25) is 0 Å². The molecule has 1 heterocycles. The number of nitrogens with one attached hydrogen (secondary N) is 1. The van der Waals surface area contributed by atoms with Gasteiger partial charge in [-0.05, 0) is 24.6 Å². The molecule has 0 aliphatic carbocycles. The van der Waals surface area contributed by atoms with Crippen molar-refractivity contribution in [2.75, 3.05) is 20.3 Å². The molecule has 1 aromatic rings. The molecule has 1 amide bonds. The first-order chi connectivity index (χ1) is 9.10. The molecule has 104 valence electrons. The summed E-state index contributed by atoms with van der Waals surface area (Å²) < 4.78 is 15.9. The van der Waals surface area contributed by atoms with Gasteiger partial charge >= 0.3 is 6.09 Å². The van der Waals surface area contributed by atoms with Crippen LogP contribution in [-0.4, -0.2) is 32.5 Å². The summed E-state index contributed by atoms with van der Waals surface area (Å²) in [6.07, 6.45) is -0.682. The first-order valence-corrected chi connectivity index (χ1v) is 6.11. The molecule has 2 rings (SSSR count). The molecule has 0 aromatic heterocycles. The Morgan fingerprint density at radius 2 is 2.32 bits per heavy atom. The zero-order valence-corrected chi connectivity index (χ0v) is 11.0. The van der Waals surface area contributed by atoms with Gasteiger partial charge in [0.25, 0.3) is 0 Å². The third kappa shape index (κ3) is 3.29. The lowest BCUT2D eigenvalue weighted by molar-refractivity contribution is 0.103. The molecule has 1 unspecified atom stereocenters. The quantitative estimate of drug-likeness (QED) is 0.836. The van der Waals surface area contributed by atoms with Gasteiger partial charge in [-0.2, -0.15) is 0 Å².